The van der Waals surface area contributed by atoms with Crippen molar-refractivity contribution in [3.63, 3.8) is 0 Å². The van der Waals surface area contributed by atoms with Gasteiger partial charge in [0.15, 0.2) is 0 Å². The first-order valence-corrected chi connectivity index (χ1v) is 26.3. The van der Waals surface area contributed by atoms with E-state index in [1.807, 2.05) is 0 Å². The highest BCUT2D eigenvalue weighted by atomic mass is 15.3. The lowest BCUT2D eigenvalue weighted by Gasteiger charge is -2.54. The summed E-state index contributed by atoms with van der Waals surface area (Å²) in [5.41, 5.74) is 22.9. The first kappa shape index (κ1) is 43.1. The van der Waals surface area contributed by atoms with Crippen LogP contribution in [-0.2, 0) is 21.7 Å². The first-order chi connectivity index (χ1) is 33.1. The molecule has 4 heterocycles. The molecule has 4 unspecified atom stereocenters. The second-order valence-electron chi connectivity index (χ2n) is 24.5. The monoisotopic (exact) mass is 902 g/mol. The summed E-state index contributed by atoms with van der Waals surface area (Å²) in [6.07, 6.45) is 9.59. The fourth-order valence-electron chi connectivity index (χ4n) is 15.3. The SMILES string of the molecule is CC(C)(C)c1ccc(N2c3cc(C(C)(C)C)ccc3B3c4cccc5c4N(c4cc(N6c7ccccc7C7(C)CCCCC67C)cc2c43)C2(C)CCCCC52c2ccccc2)c(-c2ccccc2)c1. The minimum Gasteiger partial charge on any atom is -0.335 e. The minimum absolute atomic E-state index is 0.0193. The van der Waals surface area contributed by atoms with Crippen molar-refractivity contribution >= 4 is 62.9 Å². The number of nitrogens with zero attached hydrogens (tertiary/aromatic N) is 3. The van der Waals surface area contributed by atoms with Gasteiger partial charge in [-0.25, -0.2) is 0 Å². The summed E-state index contributed by atoms with van der Waals surface area (Å²) in [6, 6.07) is 60.1. The summed E-state index contributed by atoms with van der Waals surface area (Å²) in [6.45, 7) is 22.1. The van der Waals surface area contributed by atoms with E-state index >= 15 is 0 Å². The zero-order valence-corrected chi connectivity index (χ0v) is 42.5. The van der Waals surface area contributed by atoms with Crippen LogP contribution in [0, 0.1) is 0 Å². The molecule has 4 aliphatic heterocycles. The molecule has 0 N–H and O–H groups in total. The lowest BCUT2D eigenvalue weighted by Crippen LogP contribution is -2.65. The Kier molecular flexibility index (Phi) is 9.07. The Morgan fingerprint density at radius 3 is 1.84 bits per heavy atom. The summed E-state index contributed by atoms with van der Waals surface area (Å²) in [5, 5.41) is 0. The third kappa shape index (κ3) is 5.64. The Morgan fingerprint density at radius 1 is 0.464 bits per heavy atom. The Labute approximate surface area is 412 Å². The molecule has 0 saturated heterocycles. The highest BCUT2D eigenvalue weighted by molar-refractivity contribution is 7.00. The van der Waals surface area contributed by atoms with E-state index in [2.05, 4.69) is 229 Å². The second-order valence-corrected chi connectivity index (χ2v) is 24.5. The van der Waals surface area contributed by atoms with Crippen LogP contribution in [0.5, 0.6) is 0 Å². The molecular weight excluding hydrogens is 834 g/mol. The van der Waals surface area contributed by atoms with Gasteiger partial charge in [0.2, 0.25) is 0 Å². The molecule has 2 fully saturated rings. The van der Waals surface area contributed by atoms with Gasteiger partial charge >= 0.3 is 0 Å². The zero-order chi connectivity index (χ0) is 47.5. The van der Waals surface area contributed by atoms with Crippen molar-refractivity contribution in [2.45, 2.75) is 146 Å². The molecule has 7 aromatic rings. The van der Waals surface area contributed by atoms with Crippen LogP contribution >= 0.6 is 0 Å². The van der Waals surface area contributed by atoms with Gasteiger partial charge in [-0.2, -0.15) is 0 Å². The number of rotatable bonds is 4. The third-order valence-corrected chi connectivity index (χ3v) is 19.0. The average Bonchev–Trinajstić information content (AvgIpc) is 3.72. The van der Waals surface area contributed by atoms with Gasteiger partial charge in [0, 0.05) is 50.5 Å². The van der Waals surface area contributed by atoms with E-state index in [9.17, 15) is 0 Å². The fourth-order valence-corrected chi connectivity index (χ4v) is 15.3. The van der Waals surface area contributed by atoms with Gasteiger partial charge in [-0.05, 0) is 137 Å². The maximum absolute atomic E-state index is 2.94. The van der Waals surface area contributed by atoms with Crippen LogP contribution in [0.2, 0.25) is 0 Å². The van der Waals surface area contributed by atoms with Gasteiger partial charge < -0.3 is 14.7 Å². The lowest BCUT2D eigenvalue weighted by molar-refractivity contribution is 0.195. The average molecular weight is 902 g/mol. The Bertz CT molecular complexity index is 3230. The van der Waals surface area contributed by atoms with E-state index in [0.717, 1.165) is 19.3 Å². The van der Waals surface area contributed by atoms with Crippen LogP contribution in [0.3, 0.4) is 0 Å². The van der Waals surface area contributed by atoms with E-state index in [-0.39, 0.29) is 39.5 Å². The van der Waals surface area contributed by atoms with Crippen molar-refractivity contribution in [2.24, 2.45) is 0 Å². The van der Waals surface area contributed by atoms with Crippen molar-refractivity contribution < 1.29 is 0 Å². The largest absolute Gasteiger partial charge is 0.335 e. The van der Waals surface area contributed by atoms with E-state index in [0.29, 0.717) is 0 Å². The van der Waals surface area contributed by atoms with E-state index in [4.69, 9.17) is 0 Å². The number of hydrogen-bond donors (Lipinski definition) is 0. The molecule has 13 rings (SSSR count). The summed E-state index contributed by atoms with van der Waals surface area (Å²) in [5.74, 6) is 0. The normalized spacial score (nSPS) is 25.1. The molecule has 3 nitrogen and oxygen atoms in total. The molecule has 7 aromatic carbocycles. The summed E-state index contributed by atoms with van der Waals surface area (Å²) in [4.78, 5) is 8.53. The van der Waals surface area contributed by atoms with Crippen LogP contribution in [0.15, 0.2) is 152 Å². The lowest BCUT2D eigenvalue weighted by atomic mass is 9.33. The molecule has 0 radical (unpaired) electrons. The summed E-state index contributed by atoms with van der Waals surface area (Å²) >= 11 is 0. The molecule has 4 heteroatoms. The Balaban J connectivity index is 1.19. The fraction of sp³-hybridized carbons (Fsp3) is 0.354. The number of para-hydroxylation sites is 2. The van der Waals surface area contributed by atoms with Crippen molar-refractivity contribution in [2.75, 3.05) is 14.7 Å². The quantitative estimate of drug-likeness (QED) is 0.163. The van der Waals surface area contributed by atoms with Crippen LogP contribution in [0.1, 0.15) is 141 Å². The van der Waals surface area contributed by atoms with Crippen molar-refractivity contribution in [3.05, 3.63) is 179 Å². The number of fused-ring (bicyclic) bond motifs is 10. The molecule has 0 spiro atoms. The Hall–Kier alpha value is -6.00. The molecular formula is C65H68BN3. The molecule has 2 aliphatic carbocycles. The van der Waals surface area contributed by atoms with Gasteiger partial charge in [-0.15, -0.1) is 0 Å². The van der Waals surface area contributed by atoms with Crippen molar-refractivity contribution in [1.29, 1.82) is 0 Å². The number of benzene rings is 7. The smallest absolute Gasteiger partial charge is 0.252 e. The van der Waals surface area contributed by atoms with E-state index in [1.165, 1.54) is 127 Å². The first-order valence-electron chi connectivity index (χ1n) is 26.3. The molecule has 346 valence electrons. The predicted octanol–water partition coefficient (Wildman–Crippen LogP) is 15.1. The van der Waals surface area contributed by atoms with Crippen molar-refractivity contribution in [3.8, 4) is 11.1 Å². The van der Waals surface area contributed by atoms with Crippen LogP contribution < -0.4 is 31.1 Å². The van der Waals surface area contributed by atoms with Crippen LogP contribution in [0.4, 0.5) is 39.8 Å². The minimum atomic E-state index is -0.195. The van der Waals surface area contributed by atoms with Gasteiger partial charge in [0.05, 0.1) is 16.8 Å². The molecule has 69 heavy (non-hydrogen) atoms. The Morgan fingerprint density at radius 2 is 1.09 bits per heavy atom. The standard InChI is InChI=1S/C65H68BN3/c1-60(2,3)45-32-34-53(48(39-45)43-23-12-10-13-24-43)67-55-40-46(61(4,5)6)31-33-51(55)66-52-29-22-28-50-59(52)69(64(9)37-20-21-38-65(50,64)44-25-14-11-15-26-44)57-42-47(41-56(67)58(57)66)68-54-30-17-16-27-49(54)62(7)35-18-19-36-63(62,68)8/h10-17,22-34,39-42H,18-21,35-38H2,1-9H3. The molecule has 0 amide bonds. The third-order valence-electron chi connectivity index (χ3n) is 19.0. The molecule has 0 bridgehead atoms. The maximum Gasteiger partial charge on any atom is 0.252 e. The van der Waals surface area contributed by atoms with Crippen LogP contribution in [0.25, 0.3) is 11.1 Å². The van der Waals surface area contributed by atoms with Crippen LogP contribution in [-0.4, -0.2) is 17.8 Å². The molecule has 6 aliphatic rings. The maximum atomic E-state index is 2.94. The van der Waals surface area contributed by atoms with Gasteiger partial charge in [0.1, 0.15) is 0 Å². The highest BCUT2D eigenvalue weighted by Gasteiger charge is 2.65. The molecule has 2 saturated carbocycles. The number of anilines is 7. The molecule has 4 atom stereocenters. The zero-order valence-electron chi connectivity index (χ0n) is 42.5. The summed E-state index contributed by atoms with van der Waals surface area (Å²) in [7, 11) is 0. The second kappa shape index (κ2) is 14.5. The number of hydrogen-bond acceptors (Lipinski definition) is 3. The van der Waals surface area contributed by atoms with Gasteiger partial charge in [0.25, 0.3) is 6.71 Å². The van der Waals surface area contributed by atoms with Crippen molar-refractivity contribution in [1.82, 2.24) is 0 Å². The van der Waals surface area contributed by atoms with Gasteiger partial charge in [-0.1, -0.05) is 189 Å². The summed E-state index contributed by atoms with van der Waals surface area (Å²) < 4.78 is 0. The molecule has 0 aromatic heterocycles. The van der Waals surface area contributed by atoms with E-state index < -0.39 is 0 Å². The van der Waals surface area contributed by atoms with Gasteiger partial charge in [-0.3, -0.25) is 0 Å². The van der Waals surface area contributed by atoms with E-state index in [1.54, 1.807) is 0 Å². The predicted molar refractivity (Wildman–Crippen MR) is 294 cm³/mol. The highest BCUT2D eigenvalue weighted by Crippen LogP contribution is 2.66. The topological polar surface area (TPSA) is 9.72 Å².